The Bertz CT molecular complexity index is 994. The molecule has 0 aliphatic carbocycles. The minimum Gasteiger partial charge on any atom is -0.493 e. The highest BCUT2D eigenvalue weighted by Gasteiger charge is 2.19. The smallest absolute Gasteiger partial charge is 0.261 e. The third-order valence-electron chi connectivity index (χ3n) is 4.70. The van der Waals surface area contributed by atoms with Crippen molar-refractivity contribution in [2.75, 3.05) is 27.3 Å². The molecule has 170 valence electrons. The fourth-order valence-electron chi connectivity index (χ4n) is 3.21. The molecule has 31 heavy (non-hydrogen) atoms. The summed E-state index contributed by atoms with van der Waals surface area (Å²) in [4.78, 5) is 43.3. The van der Waals surface area contributed by atoms with Gasteiger partial charge < -0.3 is 19.7 Å². The van der Waals surface area contributed by atoms with Crippen molar-refractivity contribution >= 4 is 22.7 Å². The van der Waals surface area contributed by atoms with Crippen molar-refractivity contribution in [1.82, 2.24) is 19.8 Å². The van der Waals surface area contributed by atoms with Crippen LogP contribution in [0, 0.1) is 0 Å². The molecule has 0 saturated heterocycles. The van der Waals surface area contributed by atoms with Crippen LogP contribution in [0.2, 0.25) is 0 Å². The number of amides is 2. The summed E-state index contributed by atoms with van der Waals surface area (Å²) in [5.41, 5.74) is -0.0523. The number of aromatic nitrogens is 2. The molecule has 1 heterocycles. The van der Waals surface area contributed by atoms with E-state index in [2.05, 4.69) is 10.3 Å². The Hall–Kier alpha value is -3.10. The van der Waals surface area contributed by atoms with E-state index in [1.807, 2.05) is 27.7 Å². The Labute approximate surface area is 182 Å². The number of methoxy groups -OCH3 is 2. The first kappa shape index (κ1) is 24.2. The van der Waals surface area contributed by atoms with Gasteiger partial charge in [0.15, 0.2) is 11.5 Å². The minimum absolute atomic E-state index is 0.0196. The maximum Gasteiger partial charge on any atom is 0.261 e. The Kier molecular flexibility index (Phi) is 8.01. The van der Waals surface area contributed by atoms with Gasteiger partial charge in [-0.05, 0) is 40.2 Å². The fraction of sp³-hybridized carbons (Fsp3) is 0.545. The number of rotatable bonds is 9. The van der Waals surface area contributed by atoms with Gasteiger partial charge in [-0.1, -0.05) is 0 Å². The molecule has 1 N–H and O–H groups in total. The van der Waals surface area contributed by atoms with E-state index in [4.69, 9.17) is 9.47 Å². The Morgan fingerprint density at radius 2 is 1.81 bits per heavy atom. The van der Waals surface area contributed by atoms with E-state index < -0.39 is 0 Å². The molecule has 9 heteroatoms. The van der Waals surface area contributed by atoms with Gasteiger partial charge in [-0.2, -0.15) is 0 Å². The van der Waals surface area contributed by atoms with Gasteiger partial charge in [-0.3, -0.25) is 19.0 Å². The lowest BCUT2D eigenvalue weighted by molar-refractivity contribution is -0.136. The lowest BCUT2D eigenvalue weighted by Crippen LogP contribution is -2.47. The zero-order valence-corrected chi connectivity index (χ0v) is 19.2. The van der Waals surface area contributed by atoms with Gasteiger partial charge in [0.1, 0.15) is 0 Å². The Balaban J connectivity index is 2.04. The van der Waals surface area contributed by atoms with Gasteiger partial charge in [0.05, 0.1) is 38.0 Å². The van der Waals surface area contributed by atoms with Crippen molar-refractivity contribution in [2.24, 2.45) is 0 Å². The standard InChI is InChI=1S/C22H32N4O5/c1-7-25(13-19(27)24-22(2,3)4)20(28)9-8-10-26-14-23-16-12-18(31-6)17(30-5)11-15(16)21(26)29/h11-12,14H,7-10,13H2,1-6H3,(H,24,27). The molecular formula is C22H32N4O5. The number of aryl methyl sites for hydroxylation is 1. The predicted octanol–water partition coefficient (Wildman–Crippen LogP) is 1.96. The molecule has 0 atom stereocenters. The number of carbonyl (C=O) groups excluding carboxylic acids is 2. The van der Waals surface area contributed by atoms with Crippen molar-refractivity contribution in [3.8, 4) is 11.5 Å². The summed E-state index contributed by atoms with van der Waals surface area (Å²) in [7, 11) is 3.03. The summed E-state index contributed by atoms with van der Waals surface area (Å²) in [6.45, 7) is 8.31. The number of nitrogens with one attached hydrogen (secondary N) is 1. The highest BCUT2D eigenvalue weighted by atomic mass is 16.5. The van der Waals surface area contributed by atoms with Crippen molar-refractivity contribution < 1.29 is 19.1 Å². The molecule has 2 aromatic rings. The van der Waals surface area contributed by atoms with Gasteiger partial charge in [0, 0.05) is 31.1 Å². The number of fused-ring (bicyclic) bond motifs is 1. The van der Waals surface area contributed by atoms with Crippen LogP contribution in [0.25, 0.3) is 10.9 Å². The van der Waals surface area contributed by atoms with E-state index in [1.54, 1.807) is 12.1 Å². The second-order valence-electron chi connectivity index (χ2n) is 8.28. The highest BCUT2D eigenvalue weighted by molar-refractivity contribution is 5.85. The number of hydrogen-bond acceptors (Lipinski definition) is 6. The second-order valence-corrected chi connectivity index (χ2v) is 8.28. The maximum atomic E-state index is 12.8. The summed E-state index contributed by atoms with van der Waals surface area (Å²) in [6.07, 6.45) is 2.15. The molecule has 2 amide bonds. The summed E-state index contributed by atoms with van der Waals surface area (Å²) in [5, 5.41) is 3.27. The Morgan fingerprint density at radius 1 is 1.16 bits per heavy atom. The predicted molar refractivity (Wildman–Crippen MR) is 118 cm³/mol. The van der Waals surface area contributed by atoms with Crippen LogP contribution in [-0.4, -0.2) is 59.1 Å². The summed E-state index contributed by atoms with van der Waals surface area (Å²) in [5.74, 6) is 0.635. The van der Waals surface area contributed by atoms with Crippen molar-refractivity contribution in [3.63, 3.8) is 0 Å². The molecule has 1 aromatic heterocycles. The topological polar surface area (TPSA) is 103 Å². The van der Waals surface area contributed by atoms with E-state index in [0.29, 0.717) is 41.9 Å². The summed E-state index contributed by atoms with van der Waals surface area (Å²) in [6, 6.07) is 3.27. The van der Waals surface area contributed by atoms with Crippen LogP contribution in [0.4, 0.5) is 0 Å². The molecule has 0 unspecified atom stereocenters. The minimum atomic E-state index is -0.351. The fourth-order valence-corrected chi connectivity index (χ4v) is 3.21. The van der Waals surface area contributed by atoms with E-state index in [-0.39, 0.29) is 35.9 Å². The molecule has 0 fully saturated rings. The third kappa shape index (κ3) is 6.44. The number of ether oxygens (including phenoxy) is 2. The van der Waals surface area contributed by atoms with E-state index >= 15 is 0 Å². The second kappa shape index (κ2) is 10.3. The first-order chi connectivity index (χ1) is 14.6. The molecule has 0 saturated carbocycles. The molecule has 0 spiro atoms. The largest absolute Gasteiger partial charge is 0.493 e. The molecule has 1 aromatic carbocycles. The van der Waals surface area contributed by atoms with Crippen LogP contribution in [0.3, 0.4) is 0 Å². The van der Waals surface area contributed by atoms with Gasteiger partial charge in [-0.15, -0.1) is 0 Å². The molecule has 0 radical (unpaired) electrons. The third-order valence-corrected chi connectivity index (χ3v) is 4.70. The van der Waals surface area contributed by atoms with Crippen molar-refractivity contribution in [3.05, 3.63) is 28.8 Å². The molecule has 0 bridgehead atoms. The zero-order valence-electron chi connectivity index (χ0n) is 19.2. The first-order valence-corrected chi connectivity index (χ1v) is 10.3. The lowest BCUT2D eigenvalue weighted by atomic mass is 10.1. The van der Waals surface area contributed by atoms with Crippen molar-refractivity contribution in [1.29, 1.82) is 0 Å². The average Bonchev–Trinajstić information content (AvgIpc) is 2.71. The van der Waals surface area contributed by atoms with Crippen LogP contribution in [0.5, 0.6) is 11.5 Å². The number of hydrogen-bond donors (Lipinski definition) is 1. The van der Waals surface area contributed by atoms with Gasteiger partial charge in [0.25, 0.3) is 5.56 Å². The molecule has 9 nitrogen and oxygen atoms in total. The number of likely N-dealkylation sites (N-methyl/N-ethyl adjacent to an activating group) is 1. The SMILES string of the molecule is CCN(CC(=O)NC(C)(C)C)C(=O)CCCn1cnc2cc(OC)c(OC)cc2c1=O. The van der Waals surface area contributed by atoms with Gasteiger partial charge >= 0.3 is 0 Å². The van der Waals surface area contributed by atoms with Crippen LogP contribution in [0.15, 0.2) is 23.3 Å². The number of benzene rings is 1. The number of nitrogens with zero attached hydrogens (tertiary/aromatic N) is 3. The van der Waals surface area contributed by atoms with Crippen LogP contribution in [-0.2, 0) is 16.1 Å². The van der Waals surface area contributed by atoms with Crippen LogP contribution in [0.1, 0.15) is 40.5 Å². The molecule has 2 rings (SSSR count). The first-order valence-electron chi connectivity index (χ1n) is 10.3. The van der Waals surface area contributed by atoms with E-state index in [1.165, 1.54) is 30.0 Å². The zero-order chi connectivity index (χ0) is 23.2. The number of carbonyl (C=O) groups is 2. The van der Waals surface area contributed by atoms with Crippen LogP contribution >= 0.6 is 0 Å². The molecular weight excluding hydrogens is 400 g/mol. The quantitative estimate of drug-likeness (QED) is 0.650. The molecule has 0 aliphatic heterocycles. The van der Waals surface area contributed by atoms with Gasteiger partial charge in [-0.25, -0.2) is 4.98 Å². The average molecular weight is 433 g/mol. The monoisotopic (exact) mass is 432 g/mol. The van der Waals surface area contributed by atoms with Crippen LogP contribution < -0.4 is 20.3 Å². The molecule has 0 aliphatic rings. The maximum absolute atomic E-state index is 12.8. The normalized spacial score (nSPS) is 11.3. The summed E-state index contributed by atoms with van der Waals surface area (Å²) < 4.78 is 12.0. The van der Waals surface area contributed by atoms with E-state index in [0.717, 1.165) is 0 Å². The summed E-state index contributed by atoms with van der Waals surface area (Å²) >= 11 is 0. The lowest BCUT2D eigenvalue weighted by Gasteiger charge is -2.25. The van der Waals surface area contributed by atoms with Crippen molar-refractivity contribution in [2.45, 2.75) is 52.6 Å². The Morgan fingerprint density at radius 3 is 2.39 bits per heavy atom. The van der Waals surface area contributed by atoms with Gasteiger partial charge in [0.2, 0.25) is 11.8 Å². The highest BCUT2D eigenvalue weighted by Crippen LogP contribution is 2.29. The van der Waals surface area contributed by atoms with E-state index in [9.17, 15) is 14.4 Å².